The Morgan fingerprint density at radius 3 is 2.60 bits per heavy atom. The van der Waals surface area contributed by atoms with E-state index in [0.29, 0.717) is 11.3 Å². The molecule has 1 aromatic heterocycles. The number of Topliss-reactive ketones (excluding diaryl/α,β-unsaturated/α-hetero) is 1. The van der Waals surface area contributed by atoms with E-state index in [0.717, 1.165) is 15.9 Å². The lowest BCUT2D eigenvalue weighted by Gasteiger charge is -2.12. The van der Waals surface area contributed by atoms with Gasteiger partial charge in [-0.3, -0.25) is 4.79 Å². The quantitative estimate of drug-likeness (QED) is 0.570. The van der Waals surface area contributed by atoms with Crippen LogP contribution in [0.15, 0.2) is 28.7 Å². The highest BCUT2D eigenvalue weighted by Gasteiger charge is 2.20. The molecule has 0 aliphatic heterocycles. The van der Waals surface area contributed by atoms with Crippen molar-refractivity contribution in [3.05, 3.63) is 51.5 Å². The highest BCUT2D eigenvalue weighted by molar-refractivity contribution is 9.10. The Kier molecular flexibility index (Phi) is 4.35. The lowest BCUT2D eigenvalue weighted by atomic mass is 10.1. The number of halogens is 3. The van der Waals surface area contributed by atoms with E-state index in [4.69, 9.17) is 11.6 Å². The van der Waals surface area contributed by atoms with Crippen LogP contribution in [-0.2, 0) is 0 Å². The smallest absolute Gasteiger partial charge is 0.182 e. The van der Waals surface area contributed by atoms with Crippen LogP contribution < -0.4 is 0 Å². The molecule has 0 bridgehead atoms. The molecule has 0 aliphatic carbocycles. The molecule has 0 spiro atoms. The van der Waals surface area contributed by atoms with E-state index in [1.807, 2.05) is 18.4 Å². The van der Waals surface area contributed by atoms with Gasteiger partial charge < -0.3 is 4.57 Å². The number of benzene rings is 1. The fraction of sp³-hybridized carbons (Fsp3) is 0.267. The molecule has 0 saturated carbocycles. The van der Waals surface area contributed by atoms with Crippen molar-refractivity contribution in [2.24, 2.45) is 0 Å². The van der Waals surface area contributed by atoms with Gasteiger partial charge in [0.1, 0.15) is 5.82 Å². The van der Waals surface area contributed by atoms with Gasteiger partial charge in [-0.15, -0.1) is 11.6 Å². The Bertz CT molecular complexity index is 679. The van der Waals surface area contributed by atoms with Crippen molar-refractivity contribution in [2.75, 3.05) is 0 Å². The van der Waals surface area contributed by atoms with Gasteiger partial charge in [-0.2, -0.15) is 0 Å². The predicted molar refractivity (Wildman–Crippen MR) is 82.5 cm³/mol. The monoisotopic (exact) mass is 357 g/mol. The van der Waals surface area contributed by atoms with Crippen LogP contribution in [0.3, 0.4) is 0 Å². The molecule has 1 atom stereocenters. The summed E-state index contributed by atoms with van der Waals surface area (Å²) >= 11 is 9.28. The first-order valence-electron chi connectivity index (χ1n) is 6.15. The van der Waals surface area contributed by atoms with Gasteiger partial charge in [0.2, 0.25) is 0 Å². The highest BCUT2D eigenvalue weighted by Crippen LogP contribution is 2.28. The van der Waals surface area contributed by atoms with Crippen LogP contribution in [0, 0.1) is 19.7 Å². The van der Waals surface area contributed by atoms with Gasteiger partial charge in [0.05, 0.1) is 11.1 Å². The summed E-state index contributed by atoms with van der Waals surface area (Å²) in [5.74, 6) is -0.451. The summed E-state index contributed by atoms with van der Waals surface area (Å²) in [7, 11) is 0. The molecule has 1 heterocycles. The number of ketones is 1. The molecule has 1 aromatic carbocycles. The minimum absolute atomic E-state index is 0.126. The third kappa shape index (κ3) is 2.67. The summed E-state index contributed by atoms with van der Waals surface area (Å²) in [5, 5.41) is -0.583. The Hall–Kier alpha value is -1.13. The Balaban J connectivity index is 2.64. The first kappa shape index (κ1) is 15.3. The van der Waals surface area contributed by atoms with E-state index in [9.17, 15) is 9.18 Å². The van der Waals surface area contributed by atoms with Gasteiger partial charge in [-0.25, -0.2) is 4.39 Å². The molecule has 0 N–H and O–H groups in total. The molecule has 5 heteroatoms. The zero-order chi connectivity index (χ0) is 15.0. The highest BCUT2D eigenvalue weighted by atomic mass is 79.9. The zero-order valence-electron chi connectivity index (χ0n) is 11.4. The van der Waals surface area contributed by atoms with E-state index in [1.54, 1.807) is 19.1 Å². The van der Waals surface area contributed by atoms with Crippen LogP contribution in [0.25, 0.3) is 5.69 Å². The third-order valence-electron chi connectivity index (χ3n) is 3.21. The van der Waals surface area contributed by atoms with Gasteiger partial charge in [-0.05, 0) is 61.0 Å². The van der Waals surface area contributed by atoms with E-state index >= 15 is 0 Å². The predicted octanol–water partition coefficient (Wildman–Crippen LogP) is 4.81. The van der Waals surface area contributed by atoms with Crippen LogP contribution in [0.2, 0.25) is 0 Å². The summed E-state index contributed by atoms with van der Waals surface area (Å²) < 4.78 is 16.1. The first-order valence-corrected chi connectivity index (χ1v) is 7.38. The number of carbonyl (C=O) groups is 1. The van der Waals surface area contributed by atoms with Gasteiger partial charge in [0, 0.05) is 21.4 Å². The van der Waals surface area contributed by atoms with E-state index < -0.39 is 5.38 Å². The normalized spacial score (nSPS) is 12.5. The molecule has 106 valence electrons. The van der Waals surface area contributed by atoms with Crippen molar-refractivity contribution in [1.29, 1.82) is 0 Å². The summed E-state index contributed by atoms with van der Waals surface area (Å²) in [6.07, 6.45) is 0. The second-order valence-corrected chi connectivity index (χ2v) is 6.21. The van der Waals surface area contributed by atoms with Crippen LogP contribution >= 0.6 is 27.5 Å². The Labute approximate surface area is 130 Å². The van der Waals surface area contributed by atoms with Crippen LogP contribution in [0.1, 0.15) is 28.7 Å². The molecule has 1 unspecified atom stereocenters. The van der Waals surface area contributed by atoms with Gasteiger partial charge in [-0.1, -0.05) is 0 Å². The zero-order valence-corrected chi connectivity index (χ0v) is 13.7. The topological polar surface area (TPSA) is 22.0 Å². The molecule has 0 amide bonds. The van der Waals surface area contributed by atoms with Gasteiger partial charge >= 0.3 is 0 Å². The minimum Gasteiger partial charge on any atom is -0.317 e. The number of hydrogen-bond donors (Lipinski definition) is 0. The van der Waals surface area contributed by atoms with Crippen LogP contribution in [-0.4, -0.2) is 15.7 Å². The third-order valence-corrected chi connectivity index (χ3v) is 4.08. The number of alkyl halides is 1. The molecule has 2 aromatic rings. The number of nitrogens with zero attached hydrogens (tertiary/aromatic N) is 1. The molecular weight excluding hydrogens is 345 g/mol. The molecule has 0 saturated heterocycles. The molecule has 0 radical (unpaired) electrons. The van der Waals surface area contributed by atoms with Gasteiger partial charge in [0.15, 0.2) is 5.78 Å². The van der Waals surface area contributed by atoms with Crippen molar-refractivity contribution in [3.8, 4) is 5.69 Å². The molecule has 2 rings (SSSR count). The summed E-state index contributed by atoms with van der Waals surface area (Å²) in [5.41, 5.74) is 2.85. The fourth-order valence-electron chi connectivity index (χ4n) is 2.25. The number of aryl methyl sites for hydroxylation is 1. The lowest BCUT2D eigenvalue weighted by molar-refractivity contribution is 0.0991. The maximum Gasteiger partial charge on any atom is 0.182 e. The molecule has 20 heavy (non-hydrogen) atoms. The van der Waals surface area contributed by atoms with E-state index in [1.165, 1.54) is 12.1 Å². The van der Waals surface area contributed by atoms with Crippen molar-refractivity contribution < 1.29 is 9.18 Å². The van der Waals surface area contributed by atoms with Crippen molar-refractivity contribution >= 4 is 33.3 Å². The lowest BCUT2D eigenvalue weighted by Crippen LogP contribution is -2.11. The molecule has 0 aliphatic rings. The van der Waals surface area contributed by atoms with Crippen molar-refractivity contribution in [3.63, 3.8) is 0 Å². The average Bonchev–Trinajstić information content (AvgIpc) is 2.67. The fourth-order valence-corrected chi connectivity index (χ4v) is 2.80. The number of carbonyl (C=O) groups excluding carboxylic acids is 1. The number of aromatic nitrogens is 1. The molecular formula is C15H14BrClFNO. The largest absolute Gasteiger partial charge is 0.317 e. The molecule has 2 nitrogen and oxygen atoms in total. The SMILES string of the molecule is Cc1cc(C(=O)C(C)Cl)c(C)n1-c1cc(F)ccc1Br. The summed E-state index contributed by atoms with van der Waals surface area (Å²) in [6, 6.07) is 6.25. The Morgan fingerprint density at radius 2 is 2.00 bits per heavy atom. The second kappa shape index (κ2) is 5.70. The standard InChI is InChI=1S/C15H14BrClFNO/c1-8-6-12(15(20)9(2)17)10(3)19(8)14-7-11(18)4-5-13(14)16/h4-7,9H,1-3H3. The summed E-state index contributed by atoms with van der Waals surface area (Å²) in [4.78, 5) is 12.1. The average molecular weight is 359 g/mol. The van der Waals surface area contributed by atoms with Crippen molar-refractivity contribution in [1.82, 2.24) is 4.57 Å². The maximum atomic E-state index is 13.5. The van der Waals surface area contributed by atoms with Gasteiger partial charge in [0.25, 0.3) is 0 Å². The summed E-state index contributed by atoms with van der Waals surface area (Å²) in [6.45, 7) is 5.35. The van der Waals surface area contributed by atoms with E-state index in [-0.39, 0.29) is 11.6 Å². The van der Waals surface area contributed by atoms with Crippen molar-refractivity contribution in [2.45, 2.75) is 26.1 Å². The number of rotatable bonds is 3. The van der Waals surface area contributed by atoms with E-state index in [2.05, 4.69) is 15.9 Å². The Morgan fingerprint density at radius 1 is 1.35 bits per heavy atom. The van der Waals surface area contributed by atoms with Crippen LogP contribution in [0.5, 0.6) is 0 Å². The van der Waals surface area contributed by atoms with Crippen LogP contribution in [0.4, 0.5) is 4.39 Å². The second-order valence-electron chi connectivity index (χ2n) is 4.70. The number of hydrogen-bond acceptors (Lipinski definition) is 1. The first-order chi connectivity index (χ1) is 9.32. The minimum atomic E-state index is -0.583. The maximum absolute atomic E-state index is 13.5. The molecule has 0 fully saturated rings.